The fraction of sp³-hybridized carbons (Fsp3) is 0.333. The Morgan fingerprint density at radius 3 is 2.55 bits per heavy atom. The highest BCUT2D eigenvalue weighted by molar-refractivity contribution is 6.32. The van der Waals surface area contributed by atoms with E-state index in [1.807, 2.05) is 54.3 Å². The highest BCUT2D eigenvalue weighted by Crippen LogP contribution is 2.37. The van der Waals surface area contributed by atoms with Gasteiger partial charge in [-0.05, 0) is 66.3 Å². The van der Waals surface area contributed by atoms with E-state index in [-0.39, 0.29) is 32.1 Å². The van der Waals surface area contributed by atoms with Crippen molar-refractivity contribution >= 4 is 23.5 Å². The van der Waals surface area contributed by atoms with E-state index in [2.05, 4.69) is 11.1 Å². The summed E-state index contributed by atoms with van der Waals surface area (Å²) >= 11 is 6.75. The molecule has 0 unspecified atom stereocenters. The number of pyridine rings is 1. The van der Waals surface area contributed by atoms with Gasteiger partial charge < -0.3 is 29.3 Å². The van der Waals surface area contributed by atoms with Crippen molar-refractivity contribution in [2.24, 2.45) is 0 Å². The zero-order valence-electron chi connectivity index (χ0n) is 28.3. The van der Waals surface area contributed by atoms with Crippen molar-refractivity contribution in [3.05, 3.63) is 106 Å². The summed E-state index contributed by atoms with van der Waals surface area (Å²) in [5.41, 5.74) is 5.78. The van der Waals surface area contributed by atoms with Crippen molar-refractivity contribution < 1.29 is 34.0 Å². The van der Waals surface area contributed by atoms with E-state index >= 15 is 0 Å². The van der Waals surface area contributed by atoms with E-state index in [1.54, 1.807) is 29.3 Å². The van der Waals surface area contributed by atoms with E-state index < -0.39 is 18.1 Å². The van der Waals surface area contributed by atoms with Crippen LogP contribution in [0, 0.1) is 18.3 Å². The van der Waals surface area contributed by atoms with Gasteiger partial charge in [0.15, 0.2) is 0 Å². The topological polar surface area (TPSA) is 145 Å². The molecule has 6 rings (SSSR count). The number of β-amino-alcohol motifs (C(OH)–C–C–N with tert-alkyl or cyclic N) is 1. The quantitative estimate of drug-likeness (QED) is 0.166. The minimum atomic E-state index is -0.863. The van der Waals surface area contributed by atoms with Crippen LogP contribution in [0.5, 0.6) is 17.2 Å². The Hall–Kier alpha value is -5.15. The Bertz CT molecular complexity index is 1950. The number of halogens is 1. The maximum absolute atomic E-state index is 12.5. The number of benzene rings is 3. The SMILES string of the molecule is Cc1c(COc2cc(OCc3cncc(C#N)c3)c(CN3CC[C@H]3C(=O)O)cc2Cl)cccc1-c1cccc(OCCC(=O)N2CC[C@@H](O)C2)c1. The summed E-state index contributed by atoms with van der Waals surface area (Å²) in [4.78, 5) is 31.8. The number of nitrogens with zero attached hydrogens (tertiary/aromatic N) is 4. The van der Waals surface area contributed by atoms with Crippen LogP contribution in [0.1, 0.15) is 47.1 Å². The maximum Gasteiger partial charge on any atom is 0.320 e. The van der Waals surface area contributed by atoms with E-state index in [4.69, 9.17) is 25.8 Å². The molecule has 0 saturated carbocycles. The molecule has 2 aliphatic heterocycles. The van der Waals surface area contributed by atoms with Crippen LogP contribution in [0.3, 0.4) is 0 Å². The Morgan fingerprint density at radius 1 is 0.980 bits per heavy atom. The standard InChI is InChI=1S/C39H39ClN4O7/c1-25-29(5-3-7-33(25)28-4-2-6-32(15-28)49-13-10-38(46)44-11-8-31(45)22-44)24-51-37-17-36(50-23-27-14-26(18-41)19-42-20-27)30(16-34(37)40)21-43-12-9-35(43)39(47)48/h2-7,14-17,19-20,31,35,45H,8-13,21-24H2,1H3,(H,47,48)/t31-,35+/m1/s1. The van der Waals surface area contributed by atoms with Crippen LogP contribution in [0.4, 0.5) is 0 Å². The molecule has 1 amide bonds. The first-order chi connectivity index (χ1) is 24.7. The molecule has 0 bridgehead atoms. The van der Waals surface area contributed by atoms with Crippen LogP contribution in [0.15, 0.2) is 73.1 Å². The maximum atomic E-state index is 12.5. The molecule has 11 nitrogen and oxygen atoms in total. The average Bonchev–Trinajstić information content (AvgIpc) is 3.55. The van der Waals surface area contributed by atoms with Gasteiger partial charge in [-0.15, -0.1) is 0 Å². The number of hydrogen-bond acceptors (Lipinski definition) is 9. The van der Waals surface area contributed by atoms with E-state index in [1.165, 1.54) is 6.20 Å². The first kappa shape index (κ1) is 35.7. The lowest BCUT2D eigenvalue weighted by molar-refractivity contribution is -0.148. The van der Waals surface area contributed by atoms with Gasteiger partial charge in [0.1, 0.15) is 42.6 Å². The van der Waals surface area contributed by atoms with Gasteiger partial charge >= 0.3 is 5.97 Å². The smallest absolute Gasteiger partial charge is 0.320 e. The molecule has 0 radical (unpaired) electrons. The average molecular weight is 711 g/mol. The highest BCUT2D eigenvalue weighted by Gasteiger charge is 2.34. The molecule has 2 fully saturated rings. The number of hydrogen-bond donors (Lipinski definition) is 2. The molecule has 3 heterocycles. The molecule has 2 N–H and O–H groups in total. The summed E-state index contributed by atoms with van der Waals surface area (Å²) < 4.78 is 18.4. The Morgan fingerprint density at radius 2 is 1.80 bits per heavy atom. The molecule has 12 heteroatoms. The zero-order valence-corrected chi connectivity index (χ0v) is 29.0. The number of carboxylic acids is 1. The molecule has 51 heavy (non-hydrogen) atoms. The van der Waals surface area contributed by atoms with Crippen molar-refractivity contribution in [3.63, 3.8) is 0 Å². The largest absolute Gasteiger partial charge is 0.493 e. The number of carbonyl (C=O) groups is 2. The number of aliphatic carboxylic acids is 1. The monoisotopic (exact) mass is 710 g/mol. The number of rotatable bonds is 14. The number of aliphatic hydroxyl groups is 1. The number of aromatic nitrogens is 1. The zero-order chi connectivity index (χ0) is 35.9. The first-order valence-corrected chi connectivity index (χ1v) is 17.2. The molecule has 264 valence electrons. The fourth-order valence-corrected chi connectivity index (χ4v) is 6.55. The molecule has 3 aromatic carbocycles. The van der Waals surface area contributed by atoms with Gasteiger partial charge in [-0.25, -0.2) is 0 Å². The van der Waals surface area contributed by atoms with E-state index in [0.29, 0.717) is 72.4 Å². The van der Waals surface area contributed by atoms with Gasteiger partial charge in [-0.3, -0.25) is 19.5 Å². The van der Waals surface area contributed by atoms with Crippen LogP contribution >= 0.6 is 11.6 Å². The molecule has 0 aliphatic carbocycles. The van der Waals surface area contributed by atoms with Crippen LogP contribution in [0.2, 0.25) is 5.02 Å². The van der Waals surface area contributed by atoms with Crippen molar-refractivity contribution in [1.82, 2.24) is 14.8 Å². The third-order valence-corrected chi connectivity index (χ3v) is 9.59. The molecular formula is C39H39ClN4O7. The van der Waals surface area contributed by atoms with Gasteiger partial charge in [0.25, 0.3) is 0 Å². The van der Waals surface area contributed by atoms with Crippen LogP contribution in [-0.4, -0.2) is 75.3 Å². The molecule has 1 aromatic heterocycles. The second kappa shape index (κ2) is 16.2. The number of carboxylic acid groups (broad SMARTS) is 1. The van der Waals surface area contributed by atoms with Crippen LogP contribution < -0.4 is 14.2 Å². The van der Waals surface area contributed by atoms with Crippen LogP contribution in [-0.2, 0) is 29.3 Å². The van der Waals surface area contributed by atoms with Gasteiger partial charge in [-0.1, -0.05) is 41.9 Å². The van der Waals surface area contributed by atoms with Crippen molar-refractivity contribution in [1.29, 1.82) is 5.26 Å². The van der Waals surface area contributed by atoms with Crippen molar-refractivity contribution in [3.8, 4) is 34.4 Å². The lowest BCUT2D eigenvalue weighted by Gasteiger charge is -2.38. The molecule has 2 saturated heterocycles. The lowest BCUT2D eigenvalue weighted by atomic mass is 9.96. The molecule has 4 aromatic rings. The predicted molar refractivity (Wildman–Crippen MR) is 189 cm³/mol. The van der Waals surface area contributed by atoms with Crippen molar-refractivity contribution in [2.75, 3.05) is 26.2 Å². The second-order valence-corrected chi connectivity index (χ2v) is 13.2. The number of amides is 1. The Labute approximate surface area is 301 Å². The number of nitriles is 1. The first-order valence-electron chi connectivity index (χ1n) is 16.8. The molecule has 2 aliphatic rings. The highest BCUT2D eigenvalue weighted by atomic mass is 35.5. The summed E-state index contributed by atoms with van der Waals surface area (Å²) in [7, 11) is 0. The lowest BCUT2D eigenvalue weighted by Crippen LogP contribution is -2.51. The van der Waals surface area contributed by atoms with E-state index in [0.717, 1.165) is 27.8 Å². The summed E-state index contributed by atoms with van der Waals surface area (Å²) in [5, 5.41) is 28.9. The summed E-state index contributed by atoms with van der Waals surface area (Å²) in [6.07, 6.45) is 4.10. The summed E-state index contributed by atoms with van der Waals surface area (Å²) in [5.74, 6) is 0.680. The fourth-order valence-electron chi connectivity index (χ4n) is 6.31. The van der Waals surface area contributed by atoms with Crippen molar-refractivity contribution in [2.45, 2.75) is 58.1 Å². The number of ether oxygens (including phenoxy) is 3. The van der Waals surface area contributed by atoms with E-state index in [9.17, 15) is 25.1 Å². The Kier molecular flexibility index (Phi) is 11.4. The minimum absolute atomic E-state index is 0.0228. The molecule has 2 atom stereocenters. The van der Waals surface area contributed by atoms with Gasteiger partial charge in [0.05, 0.1) is 29.7 Å². The number of likely N-dealkylation sites (tertiary alicyclic amines) is 2. The second-order valence-electron chi connectivity index (χ2n) is 12.8. The van der Waals surface area contributed by atoms with Gasteiger partial charge in [0, 0.05) is 55.8 Å². The number of aliphatic hydroxyl groups excluding tert-OH is 1. The van der Waals surface area contributed by atoms with Gasteiger partial charge in [-0.2, -0.15) is 5.26 Å². The summed E-state index contributed by atoms with van der Waals surface area (Å²) in [6.45, 7) is 4.58. The molecular weight excluding hydrogens is 672 g/mol. The Balaban J connectivity index is 1.15. The minimum Gasteiger partial charge on any atom is -0.493 e. The van der Waals surface area contributed by atoms with Gasteiger partial charge in [0.2, 0.25) is 5.91 Å². The normalized spacial score (nSPS) is 17.0. The summed E-state index contributed by atoms with van der Waals surface area (Å²) in [6, 6.07) is 20.4. The number of carbonyl (C=O) groups excluding carboxylic acids is 1. The predicted octanol–water partition coefficient (Wildman–Crippen LogP) is 5.76. The third-order valence-electron chi connectivity index (χ3n) is 9.30. The third kappa shape index (κ3) is 8.78. The van der Waals surface area contributed by atoms with Crippen LogP contribution in [0.25, 0.3) is 11.1 Å². The molecule has 0 spiro atoms.